The van der Waals surface area contributed by atoms with Crippen LogP contribution < -0.4 is 5.32 Å². The van der Waals surface area contributed by atoms with Crippen molar-refractivity contribution in [2.75, 3.05) is 25.6 Å². The Morgan fingerprint density at radius 3 is 2.75 bits per heavy atom. The Kier molecular flexibility index (Phi) is 5.02. The molecule has 0 spiro atoms. The Morgan fingerprint density at radius 2 is 2.00 bits per heavy atom. The summed E-state index contributed by atoms with van der Waals surface area (Å²) in [5.41, 5.74) is 1.74. The minimum absolute atomic E-state index is 0.226. The summed E-state index contributed by atoms with van der Waals surface area (Å²) in [4.78, 5) is 22.1. The fourth-order valence-corrected chi connectivity index (χ4v) is 3.34. The number of rotatable bonds is 6. The molecule has 7 heteroatoms. The van der Waals surface area contributed by atoms with Crippen LogP contribution in [0, 0.1) is 6.92 Å². The molecular weight excluding hydrogens is 326 g/mol. The van der Waals surface area contributed by atoms with E-state index in [0.717, 1.165) is 21.5 Å². The normalized spacial score (nSPS) is 10.8. The summed E-state index contributed by atoms with van der Waals surface area (Å²) >= 11 is 1.31. The first-order valence-corrected chi connectivity index (χ1v) is 8.24. The molecule has 0 atom stereocenters. The van der Waals surface area contributed by atoms with Crippen LogP contribution >= 0.6 is 11.3 Å². The molecule has 0 saturated carbocycles. The van der Waals surface area contributed by atoms with Gasteiger partial charge < -0.3 is 14.8 Å². The number of hydrogen-bond acceptors (Lipinski definition) is 7. The highest BCUT2D eigenvalue weighted by molar-refractivity contribution is 7.20. The molecule has 0 amide bonds. The van der Waals surface area contributed by atoms with Gasteiger partial charge in [0.2, 0.25) is 0 Å². The smallest absolute Gasteiger partial charge is 0.348 e. The lowest BCUT2D eigenvalue weighted by Crippen LogP contribution is -2.09. The van der Waals surface area contributed by atoms with Crippen LogP contribution in [0.25, 0.3) is 10.2 Å². The highest BCUT2D eigenvalue weighted by Crippen LogP contribution is 2.34. The van der Waals surface area contributed by atoms with E-state index in [9.17, 15) is 4.79 Å². The van der Waals surface area contributed by atoms with E-state index in [1.54, 1.807) is 7.11 Å². The first kappa shape index (κ1) is 16.4. The van der Waals surface area contributed by atoms with E-state index in [-0.39, 0.29) is 12.6 Å². The van der Waals surface area contributed by atoms with E-state index in [2.05, 4.69) is 15.3 Å². The fraction of sp³-hybridized carbons (Fsp3) is 0.235. The molecule has 1 aromatic carbocycles. The molecule has 1 N–H and O–H groups in total. The van der Waals surface area contributed by atoms with Crippen molar-refractivity contribution < 1.29 is 14.3 Å². The predicted molar refractivity (Wildman–Crippen MR) is 94.0 cm³/mol. The summed E-state index contributed by atoms with van der Waals surface area (Å²) in [6, 6.07) is 9.75. The summed E-state index contributed by atoms with van der Waals surface area (Å²) in [7, 11) is 1.57. The van der Waals surface area contributed by atoms with E-state index in [1.165, 1.54) is 17.7 Å². The van der Waals surface area contributed by atoms with Gasteiger partial charge in [-0.2, -0.15) is 0 Å². The summed E-state index contributed by atoms with van der Waals surface area (Å²) in [5, 5.41) is 4.11. The molecule has 0 fully saturated rings. The first-order valence-electron chi connectivity index (χ1n) is 7.43. The number of fused-ring (bicyclic) bond motifs is 1. The van der Waals surface area contributed by atoms with Gasteiger partial charge in [0.25, 0.3) is 0 Å². The van der Waals surface area contributed by atoms with Crippen molar-refractivity contribution in [3.63, 3.8) is 0 Å². The number of hydrogen-bond donors (Lipinski definition) is 1. The first-order chi connectivity index (χ1) is 11.7. The average molecular weight is 343 g/mol. The second-order valence-electron chi connectivity index (χ2n) is 5.08. The monoisotopic (exact) mass is 343 g/mol. The third-order valence-electron chi connectivity index (χ3n) is 3.47. The van der Waals surface area contributed by atoms with Crippen LogP contribution in [-0.2, 0) is 9.47 Å². The zero-order valence-electron chi connectivity index (χ0n) is 13.4. The Bertz CT molecular complexity index is 849. The number of aromatic nitrogens is 2. The number of esters is 1. The van der Waals surface area contributed by atoms with Gasteiger partial charge in [0, 0.05) is 12.8 Å². The number of carbonyl (C=O) groups excluding carboxylic acids is 1. The largest absolute Gasteiger partial charge is 0.459 e. The third kappa shape index (κ3) is 3.37. The van der Waals surface area contributed by atoms with Gasteiger partial charge in [-0.3, -0.25) is 0 Å². The van der Waals surface area contributed by atoms with E-state index in [4.69, 9.17) is 9.47 Å². The molecule has 0 aliphatic heterocycles. The molecule has 2 heterocycles. The van der Waals surface area contributed by atoms with Crippen molar-refractivity contribution in [2.24, 2.45) is 0 Å². The van der Waals surface area contributed by atoms with E-state index in [1.807, 2.05) is 37.3 Å². The SMILES string of the molecule is COCCOC(=O)c1sc2ncnc(Nc3ccccc3)c2c1C. The van der Waals surface area contributed by atoms with Crippen LogP contribution in [0.3, 0.4) is 0 Å². The van der Waals surface area contributed by atoms with Gasteiger partial charge in [-0.15, -0.1) is 11.3 Å². The minimum Gasteiger partial charge on any atom is -0.459 e. The van der Waals surface area contributed by atoms with E-state index < -0.39 is 0 Å². The Morgan fingerprint density at radius 1 is 1.21 bits per heavy atom. The van der Waals surface area contributed by atoms with Gasteiger partial charge in [0.1, 0.15) is 28.5 Å². The number of thiophene rings is 1. The molecule has 0 radical (unpaired) electrons. The number of para-hydroxylation sites is 1. The molecule has 6 nitrogen and oxygen atoms in total. The molecule has 0 unspecified atom stereocenters. The number of anilines is 2. The van der Waals surface area contributed by atoms with Gasteiger partial charge in [-0.1, -0.05) is 18.2 Å². The van der Waals surface area contributed by atoms with Crippen LogP contribution in [-0.4, -0.2) is 36.3 Å². The zero-order chi connectivity index (χ0) is 16.9. The maximum Gasteiger partial charge on any atom is 0.348 e. The third-order valence-corrected chi connectivity index (χ3v) is 4.65. The quantitative estimate of drug-likeness (QED) is 0.545. The van der Waals surface area contributed by atoms with Crippen LogP contribution in [0.1, 0.15) is 15.2 Å². The number of nitrogens with zero attached hydrogens (tertiary/aromatic N) is 2. The number of benzene rings is 1. The highest BCUT2D eigenvalue weighted by atomic mass is 32.1. The van der Waals surface area contributed by atoms with Gasteiger partial charge in [-0.25, -0.2) is 14.8 Å². The molecule has 124 valence electrons. The fourth-order valence-electron chi connectivity index (χ4n) is 2.30. The van der Waals surface area contributed by atoms with Crippen molar-refractivity contribution in [2.45, 2.75) is 6.92 Å². The summed E-state index contributed by atoms with van der Waals surface area (Å²) in [5.74, 6) is 0.314. The molecule has 2 aromatic heterocycles. The van der Waals surface area contributed by atoms with Gasteiger partial charge >= 0.3 is 5.97 Å². The lowest BCUT2D eigenvalue weighted by Gasteiger charge is -2.07. The predicted octanol–water partition coefficient (Wildman–Crippen LogP) is 3.55. The minimum atomic E-state index is -0.363. The molecule has 3 rings (SSSR count). The summed E-state index contributed by atoms with van der Waals surface area (Å²) in [6.45, 7) is 2.48. The molecule has 0 aliphatic rings. The lowest BCUT2D eigenvalue weighted by molar-refractivity contribution is 0.0393. The number of nitrogens with one attached hydrogen (secondary N) is 1. The summed E-state index contributed by atoms with van der Waals surface area (Å²) < 4.78 is 10.1. The van der Waals surface area contributed by atoms with Crippen molar-refractivity contribution in [1.29, 1.82) is 0 Å². The Labute approximate surface area is 143 Å². The zero-order valence-corrected chi connectivity index (χ0v) is 14.2. The van der Waals surface area contributed by atoms with Gasteiger partial charge in [-0.05, 0) is 24.6 Å². The highest BCUT2D eigenvalue weighted by Gasteiger charge is 2.20. The summed E-state index contributed by atoms with van der Waals surface area (Å²) in [6.07, 6.45) is 1.49. The van der Waals surface area contributed by atoms with Crippen LogP contribution in [0.5, 0.6) is 0 Å². The van der Waals surface area contributed by atoms with Crippen LogP contribution in [0.15, 0.2) is 36.7 Å². The van der Waals surface area contributed by atoms with Crippen molar-refractivity contribution in [3.05, 3.63) is 47.1 Å². The number of carbonyl (C=O) groups is 1. The maximum atomic E-state index is 12.2. The second kappa shape index (κ2) is 7.37. The van der Waals surface area contributed by atoms with Crippen molar-refractivity contribution >= 4 is 39.0 Å². The molecular formula is C17H17N3O3S. The number of ether oxygens (including phenoxy) is 2. The van der Waals surface area contributed by atoms with Crippen LogP contribution in [0.2, 0.25) is 0 Å². The van der Waals surface area contributed by atoms with Crippen molar-refractivity contribution in [1.82, 2.24) is 9.97 Å². The second-order valence-corrected chi connectivity index (χ2v) is 6.08. The lowest BCUT2D eigenvalue weighted by atomic mass is 10.2. The maximum absolute atomic E-state index is 12.2. The van der Waals surface area contributed by atoms with Crippen molar-refractivity contribution in [3.8, 4) is 0 Å². The number of methoxy groups -OCH3 is 1. The molecule has 0 saturated heterocycles. The average Bonchev–Trinajstić information content (AvgIpc) is 2.94. The van der Waals surface area contributed by atoms with E-state index in [0.29, 0.717) is 17.3 Å². The van der Waals surface area contributed by atoms with Gasteiger partial charge in [0.15, 0.2) is 0 Å². The van der Waals surface area contributed by atoms with E-state index >= 15 is 0 Å². The van der Waals surface area contributed by atoms with Crippen LogP contribution in [0.4, 0.5) is 11.5 Å². The number of aryl methyl sites for hydroxylation is 1. The molecule has 0 aliphatic carbocycles. The molecule has 24 heavy (non-hydrogen) atoms. The Balaban J connectivity index is 1.93. The van der Waals surface area contributed by atoms with Gasteiger partial charge in [0.05, 0.1) is 12.0 Å². The standard InChI is InChI=1S/C17H17N3O3S/c1-11-13-15(20-12-6-4-3-5-7-12)18-10-19-16(13)24-14(11)17(21)23-9-8-22-2/h3-7,10H,8-9H2,1-2H3,(H,18,19,20). The topological polar surface area (TPSA) is 73.3 Å². The Hall–Kier alpha value is -2.51. The molecule has 0 bridgehead atoms. The molecule has 3 aromatic rings.